The minimum absolute atomic E-state index is 0.0537. The fourth-order valence-electron chi connectivity index (χ4n) is 2.54. The highest BCUT2D eigenvalue weighted by molar-refractivity contribution is 5.94. The van der Waals surface area contributed by atoms with Crippen molar-refractivity contribution in [3.05, 3.63) is 34.4 Å². The molecule has 0 saturated carbocycles. The number of carbonyl (C=O) groups excluding carboxylic acids is 2. The number of carbonyl (C=O) groups is 2. The maximum Gasteiger partial charge on any atom is 0.410 e. The Morgan fingerprint density at radius 3 is 2.30 bits per heavy atom. The van der Waals surface area contributed by atoms with E-state index in [0.717, 1.165) is 12.1 Å². The number of likely N-dealkylation sites (N-methyl/N-ethyl adjacent to an activating group) is 1. The van der Waals surface area contributed by atoms with E-state index in [0.29, 0.717) is 31.1 Å². The largest absolute Gasteiger partial charge is 0.444 e. The zero-order valence-electron chi connectivity index (χ0n) is 18.7. The van der Waals surface area contributed by atoms with Gasteiger partial charge in [0.2, 0.25) is 5.91 Å². The van der Waals surface area contributed by atoms with Crippen LogP contribution in [0.2, 0.25) is 0 Å². The second-order valence-electron chi connectivity index (χ2n) is 7.25. The lowest BCUT2D eigenvalue weighted by molar-refractivity contribution is -0.384. The van der Waals surface area contributed by atoms with Gasteiger partial charge in [0.05, 0.1) is 11.5 Å². The summed E-state index contributed by atoms with van der Waals surface area (Å²) in [6, 6.07) is 4.79. The van der Waals surface area contributed by atoms with Crippen molar-refractivity contribution >= 4 is 23.4 Å². The number of amides is 2. The Labute approximate surface area is 162 Å². The maximum absolute atomic E-state index is 12.8. The highest BCUT2D eigenvalue weighted by Gasteiger charge is 2.27. The molecule has 0 unspecified atom stereocenters. The van der Waals surface area contributed by atoms with Gasteiger partial charge < -0.3 is 14.5 Å². The van der Waals surface area contributed by atoms with Crippen LogP contribution >= 0.6 is 0 Å². The number of piperazine rings is 1. The summed E-state index contributed by atoms with van der Waals surface area (Å²) < 4.78 is 28.4. The number of ether oxygens (including phenoxy) is 1. The molecule has 1 aliphatic rings. The normalized spacial score (nSPS) is 17.4. The third-order valence-corrected chi connectivity index (χ3v) is 3.95. The zero-order valence-corrected chi connectivity index (χ0v) is 15.7. The summed E-state index contributed by atoms with van der Waals surface area (Å²) >= 11 is 0. The first-order chi connectivity index (χ1) is 13.8. The van der Waals surface area contributed by atoms with Gasteiger partial charge in [-0.05, 0) is 32.9 Å². The Morgan fingerprint density at radius 2 is 1.81 bits per heavy atom. The third-order valence-electron chi connectivity index (χ3n) is 3.95. The Kier molecular flexibility index (Phi) is 5.09. The summed E-state index contributed by atoms with van der Waals surface area (Å²) in [7, 11) is 0. The average molecular weight is 381 g/mol. The number of nitrogens with zero attached hydrogens (tertiary/aromatic N) is 4. The lowest BCUT2D eigenvalue weighted by Gasteiger charge is -2.35. The number of benzene rings is 1. The van der Waals surface area contributed by atoms with Crippen molar-refractivity contribution in [1.82, 2.24) is 9.80 Å². The monoisotopic (exact) mass is 381 g/mol. The van der Waals surface area contributed by atoms with Gasteiger partial charge in [0, 0.05) is 55.1 Å². The van der Waals surface area contributed by atoms with Gasteiger partial charge in [0.15, 0.2) is 0 Å². The van der Waals surface area contributed by atoms with Crippen LogP contribution in [0.25, 0.3) is 0 Å². The molecular weight excluding hydrogens is 352 g/mol. The lowest BCUT2D eigenvalue weighted by atomic mass is 10.2. The quantitative estimate of drug-likeness (QED) is 0.585. The van der Waals surface area contributed by atoms with E-state index in [1.54, 1.807) is 30.6 Å². The standard InChI is InChI=1S/C18H26N4O5/c1-18(2,3)27-17(24)21-11-9-20(10-12-21)13-16(23)19(4)14-5-7-15(8-6-14)22(25)26/h5-8H,9-13H2,1-4H3/i4D3. The smallest absolute Gasteiger partial charge is 0.410 e. The van der Waals surface area contributed by atoms with Crippen molar-refractivity contribution in [2.24, 2.45) is 0 Å². The highest BCUT2D eigenvalue weighted by atomic mass is 16.6. The summed E-state index contributed by atoms with van der Waals surface area (Å²) in [6.07, 6.45) is -0.427. The predicted octanol–water partition coefficient (Wildman–Crippen LogP) is 2.11. The zero-order chi connectivity index (χ0) is 22.7. The molecule has 9 heteroatoms. The van der Waals surface area contributed by atoms with Crippen LogP contribution in [-0.4, -0.2) is 72.0 Å². The first-order valence-corrected chi connectivity index (χ1v) is 8.56. The molecule has 0 bridgehead atoms. The summed E-state index contributed by atoms with van der Waals surface area (Å²) in [5.41, 5.74) is -0.747. The van der Waals surface area contributed by atoms with Gasteiger partial charge in [0.25, 0.3) is 5.69 Å². The van der Waals surface area contributed by atoms with E-state index in [1.807, 2.05) is 0 Å². The van der Waals surface area contributed by atoms with Gasteiger partial charge in [-0.2, -0.15) is 0 Å². The molecule has 2 amide bonds. The molecule has 1 heterocycles. The minimum Gasteiger partial charge on any atom is -0.444 e. The highest BCUT2D eigenvalue weighted by Crippen LogP contribution is 2.19. The molecule has 1 aliphatic heterocycles. The topological polar surface area (TPSA) is 96.2 Å². The van der Waals surface area contributed by atoms with Gasteiger partial charge in [0.1, 0.15) is 5.60 Å². The van der Waals surface area contributed by atoms with Crippen LogP contribution in [0.15, 0.2) is 24.3 Å². The number of nitro benzene ring substituents is 1. The number of non-ortho nitro benzene ring substituents is 1. The number of nitro groups is 1. The van der Waals surface area contributed by atoms with Crippen LogP contribution in [0.5, 0.6) is 0 Å². The van der Waals surface area contributed by atoms with Gasteiger partial charge in [-0.15, -0.1) is 0 Å². The van der Waals surface area contributed by atoms with E-state index >= 15 is 0 Å². The van der Waals surface area contributed by atoms with Crippen LogP contribution in [0, 0.1) is 10.1 Å². The van der Waals surface area contributed by atoms with Gasteiger partial charge in [-0.3, -0.25) is 19.8 Å². The van der Waals surface area contributed by atoms with Crippen molar-refractivity contribution in [2.75, 3.05) is 44.6 Å². The van der Waals surface area contributed by atoms with Crippen LogP contribution in [-0.2, 0) is 9.53 Å². The third kappa shape index (κ3) is 5.92. The maximum atomic E-state index is 12.8. The summed E-state index contributed by atoms with van der Waals surface area (Å²) in [4.78, 5) is 39.1. The molecule has 0 spiro atoms. The molecule has 148 valence electrons. The first-order valence-electron chi connectivity index (χ1n) is 10.1. The van der Waals surface area contributed by atoms with Crippen molar-refractivity contribution in [3.63, 3.8) is 0 Å². The Morgan fingerprint density at radius 1 is 1.22 bits per heavy atom. The van der Waals surface area contributed by atoms with Crippen molar-refractivity contribution in [1.29, 1.82) is 0 Å². The number of hydrogen-bond acceptors (Lipinski definition) is 6. The Hall–Kier alpha value is -2.68. The second kappa shape index (κ2) is 8.34. The molecular formula is C18H26N4O5. The molecule has 9 nitrogen and oxygen atoms in total. The summed E-state index contributed by atoms with van der Waals surface area (Å²) in [6.45, 7) is 3.93. The van der Waals surface area contributed by atoms with Crippen LogP contribution in [0.4, 0.5) is 16.2 Å². The fourth-order valence-corrected chi connectivity index (χ4v) is 2.54. The molecule has 0 N–H and O–H groups in total. The number of rotatable bonds is 4. The fraction of sp³-hybridized carbons (Fsp3) is 0.556. The molecule has 2 rings (SSSR count). The molecule has 1 aromatic rings. The Balaban J connectivity index is 2.02. The van der Waals surface area contributed by atoms with E-state index in [-0.39, 0.29) is 17.9 Å². The SMILES string of the molecule is [2H]C([2H])([2H])N(C(=O)CN1CCN(C(=O)OC(C)(C)C)CC1)c1ccc([N+](=O)[O-])cc1. The van der Waals surface area contributed by atoms with E-state index in [2.05, 4.69) is 0 Å². The molecule has 27 heavy (non-hydrogen) atoms. The van der Waals surface area contributed by atoms with E-state index < -0.39 is 29.5 Å². The molecule has 0 aromatic heterocycles. The molecule has 1 aromatic carbocycles. The molecule has 0 aliphatic carbocycles. The number of anilines is 1. The van der Waals surface area contributed by atoms with Crippen molar-refractivity contribution in [2.45, 2.75) is 26.4 Å². The van der Waals surface area contributed by atoms with E-state index in [4.69, 9.17) is 8.85 Å². The lowest BCUT2D eigenvalue weighted by Crippen LogP contribution is -2.52. The number of hydrogen-bond donors (Lipinski definition) is 0. The second-order valence-corrected chi connectivity index (χ2v) is 7.25. The van der Waals surface area contributed by atoms with Crippen molar-refractivity contribution < 1.29 is 23.4 Å². The van der Waals surface area contributed by atoms with Crippen molar-refractivity contribution in [3.8, 4) is 0 Å². The van der Waals surface area contributed by atoms with Gasteiger partial charge >= 0.3 is 6.09 Å². The molecule has 1 fully saturated rings. The van der Waals surface area contributed by atoms with Gasteiger partial charge in [-0.1, -0.05) is 0 Å². The summed E-state index contributed by atoms with van der Waals surface area (Å²) in [5.74, 6) is -0.658. The average Bonchev–Trinajstić information content (AvgIpc) is 2.60. The predicted molar refractivity (Wildman–Crippen MR) is 101 cm³/mol. The summed E-state index contributed by atoms with van der Waals surface area (Å²) in [5, 5.41) is 10.8. The first kappa shape index (κ1) is 16.5. The molecule has 1 saturated heterocycles. The molecule has 0 radical (unpaired) electrons. The van der Waals surface area contributed by atoms with E-state index in [1.165, 1.54) is 12.1 Å². The van der Waals surface area contributed by atoms with Gasteiger partial charge in [-0.25, -0.2) is 4.79 Å². The Bertz CT molecular complexity index is 784. The molecule has 0 atom stereocenters. The van der Waals surface area contributed by atoms with Crippen LogP contribution < -0.4 is 4.90 Å². The van der Waals surface area contributed by atoms with Crippen LogP contribution in [0.3, 0.4) is 0 Å². The van der Waals surface area contributed by atoms with E-state index in [9.17, 15) is 19.7 Å². The minimum atomic E-state index is -2.74. The van der Waals surface area contributed by atoms with Crippen LogP contribution in [0.1, 0.15) is 24.9 Å².